The van der Waals surface area contributed by atoms with E-state index in [1.165, 1.54) is 0 Å². The molecule has 0 amide bonds. The molecule has 27 heavy (non-hydrogen) atoms. The Hall–Kier alpha value is -1.89. The molecule has 2 aromatic rings. The zero-order chi connectivity index (χ0) is 18.6. The lowest BCUT2D eigenvalue weighted by Gasteiger charge is -2.44. The second kappa shape index (κ2) is 8.42. The fourth-order valence-electron chi connectivity index (χ4n) is 4.07. The lowest BCUT2D eigenvalue weighted by Crippen LogP contribution is -2.58. The Balaban J connectivity index is 1.36. The molecule has 1 saturated carbocycles. The molecule has 7 heteroatoms. The van der Waals surface area contributed by atoms with Gasteiger partial charge in [-0.05, 0) is 43.5 Å². The first-order valence-corrected chi connectivity index (χ1v) is 9.95. The van der Waals surface area contributed by atoms with Crippen molar-refractivity contribution in [3.05, 3.63) is 47.7 Å². The molecule has 0 bridgehead atoms. The average molecular weight is 389 g/mol. The second-order valence-electron chi connectivity index (χ2n) is 7.17. The highest BCUT2D eigenvalue weighted by molar-refractivity contribution is 6.30. The molecule has 1 aromatic heterocycles. The Morgan fingerprint density at radius 3 is 2.56 bits per heavy atom. The van der Waals surface area contributed by atoms with Crippen molar-refractivity contribution < 1.29 is 9.84 Å². The summed E-state index contributed by atoms with van der Waals surface area (Å²) >= 11 is 6.05. The Morgan fingerprint density at radius 2 is 1.81 bits per heavy atom. The first-order chi connectivity index (χ1) is 13.2. The zero-order valence-electron chi connectivity index (χ0n) is 15.2. The maximum atomic E-state index is 11.0. The highest BCUT2D eigenvalue weighted by atomic mass is 35.5. The first-order valence-electron chi connectivity index (χ1n) is 9.57. The molecule has 144 valence electrons. The van der Waals surface area contributed by atoms with E-state index in [0.717, 1.165) is 57.1 Å². The number of nitrogens with zero attached hydrogens (tertiary/aromatic N) is 4. The van der Waals surface area contributed by atoms with Crippen LogP contribution in [0.4, 0.5) is 5.95 Å². The molecule has 2 aliphatic rings. The lowest BCUT2D eigenvalue weighted by molar-refractivity contribution is -0.0546. The van der Waals surface area contributed by atoms with E-state index in [0.29, 0.717) is 5.02 Å². The van der Waals surface area contributed by atoms with Gasteiger partial charge in [-0.3, -0.25) is 4.90 Å². The van der Waals surface area contributed by atoms with Crippen molar-refractivity contribution in [1.29, 1.82) is 0 Å². The number of aliphatic hydroxyl groups is 1. The van der Waals surface area contributed by atoms with E-state index in [2.05, 4.69) is 19.8 Å². The largest absolute Gasteiger partial charge is 0.488 e. The Labute approximate surface area is 164 Å². The van der Waals surface area contributed by atoms with Gasteiger partial charge in [-0.2, -0.15) is 0 Å². The SMILES string of the molecule is O[C@H]1[C@H](Oc2cccc(Cl)c2)CCC[C@@H]1N1CCN(c2ncccn2)CC1. The number of piperazine rings is 1. The third kappa shape index (κ3) is 4.34. The van der Waals surface area contributed by atoms with Gasteiger partial charge in [-0.15, -0.1) is 0 Å². The van der Waals surface area contributed by atoms with Gasteiger partial charge in [0.05, 0.1) is 0 Å². The molecule has 1 saturated heterocycles. The highest BCUT2D eigenvalue weighted by Crippen LogP contribution is 2.29. The lowest BCUT2D eigenvalue weighted by atomic mass is 9.88. The topological polar surface area (TPSA) is 61.7 Å². The van der Waals surface area contributed by atoms with E-state index >= 15 is 0 Å². The molecule has 4 rings (SSSR count). The summed E-state index contributed by atoms with van der Waals surface area (Å²) in [5.41, 5.74) is 0. The van der Waals surface area contributed by atoms with Crippen molar-refractivity contribution in [2.75, 3.05) is 31.1 Å². The number of hydrogen-bond acceptors (Lipinski definition) is 6. The molecule has 0 radical (unpaired) electrons. The second-order valence-corrected chi connectivity index (χ2v) is 7.61. The predicted octanol–water partition coefficient (Wildman–Crippen LogP) is 2.61. The van der Waals surface area contributed by atoms with Gasteiger partial charge in [0.15, 0.2) is 0 Å². The summed E-state index contributed by atoms with van der Waals surface area (Å²) in [6, 6.07) is 9.34. The minimum atomic E-state index is -0.503. The van der Waals surface area contributed by atoms with Crippen LogP contribution in [0.25, 0.3) is 0 Å². The van der Waals surface area contributed by atoms with E-state index in [1.54, 1.807) is 18.5 Å². The number of benzene rings is 1. The van der Waals surface area contributed by atoms with Crippen LogP contribution in [-0.2, 0) is 0 Å². The van der Waals surface area contributed by atoms with Crippen LogP contribution in [0.1, 0.15) is 19.3 Å². The third-order valence-corrected chi connectivity index (χ3v) is 5.70. The standard InChI is InChI=1S/C20H25ClN4O2/c21-15-4-1-5-16(14-15)27-18-7-2-6-17(19(18)26)24-10-12-25(13-11-24)20-22-8-3-9-23-20/h1,3-5,8-9,14,17-19,26H,2,6-7,10-13H2/t17-,18+,19+/m0/s1. The van der Waals surface area contributed by atoms with Crippen LogP contribution in [0.2, 0.25) is 5.02 Å². The van der Waals surface area contributed by atoms with Crippen molar-refractivity contribution >= 4 is 17.5 Å². The third-order valence-electron chi connectivity index (χ3n) is 5.47. The van der Waals surface area contributed by atoms with Gasteiger partial charge in [-0.25, -0.2) is 9.97 Å². The number of aromatic nitrogens is 2. The summed E-state index contributed by atoms with van der Waals surface area (Å²) in [6.45, 7) is 3.52. The molecule has 1 aromatic carbocycles. The van der Waals surface area contributed by atoms with Crippen molar-refractivity contribution in [3.63, 3.8) is 0 Å². The van der Waals surface area contributed by atoms with Gasteiger partial charge in [-0.1, -0.05) is 17.7 Å². The molecule has 6 nitrogen and oxygen atoms in total. The summed E-state index contributed by atoms with van der Waals surface area (Å²) < 4.78 is 6.07. The molecule has 0 spiro atoms. The smallest absolute Gasteiger partial charge is 0.225 e. The molecule has 0 unspecified atom stereocenters. The van der Waals surface area contributed by atoms with Crippen LogP contribution < -0.4 is 9.64 Å². The number of ether oxygens (including phenoxy) is 1. The molecule has 1 N–H and O–H groups in total. The maximum Gasteiger partial charge on any atom is 0.225 e. The van der Waals surface area contributed by atoms with Gasteiger partial charge >= 0.3 is 0 Å². The number of hydrogen-bond donors (Lipinski definition) is 1. The molecule has 1 aliphatic heterocycles. The van der Waals surface area contributed by atoms with E-state index in [-0.39, 0.29) is 12.1 Å². The molecule has 1 aliphatic carbocycles. The summed E-state index contributed by atoms with van der Waals surface area (Å²) in [5, 5.41) is 11.6. The van der Waals surface area contributed by atoms with Gasteiger partial charge in [0, 0.05) is 49.6 Å². The van der Waals surface area contributed by atoms with Gasteiger partial charge < -0.3 is 14.7 Å². The average Bonchev–Trinajstić information content (AvgIpc) is 2.71. The van der Waals surface area contributed by atoms with E-state index in [4.69, 9.17) is 16.3 Å². The number of rotatable bonds is 4. The van der Waals surface area contributed by atoms with E-state index < -0.39 is 6.10 Å². The summed E-state index contributed by atoms with van der Waals surface area (Å²) in [4.78, 5) is 13.3. The minimum absolute atomic E-state index is 0.127. The van der Waals surface area contributed by atoms with E-state index in [9.17, 15) is 5.11 Å². The Bertz CT molecular complexity index is 740. The quantitative estimate of drug-likeness (QED) is 0.868. The zero-order valence-corrected chi connectivity index (χ0v) is 16.0. The maximum absolute atomic E-state index is 11.0. The monoisotopic (exact) mass is 388 g/mol. The molecule has 3 atom stereocenters. The Morgan fingerprint density at radius 1 is 1.04 bits per heavy atom. The van der Waals surface area contributed by atoms with Crippen molar-refractivity contribution in [2.24, 2.45) is 0 Å². The van der Waals surface area contributed by atoms with E-state index in [1.807, 2.05) is 24.3 Å². The van der Waals surface area contributed by atoms with Crippen molar-refractivity contribution in [2.45, 2.75) is 37.5 Å². The van der Waals surface area contributed by atoms with Gasteiger partial charge in [0.1, 0.15) is 18.0 Å². The van der Waals surface area contributed by atoms with Crippen LogP contribution in [0.15, 0.2) is 42.7 Å². The highest BCUT2D eigenvalue weighted by Gasteiger charge is 2.38. The normalized spacial score (nSPS) is 26.7. The van der Waals surface area contributed by atoms with Crippen LogP contribution in [-0.4, -0.2) is 64.4 Å². The summed E-state index contributed by atoms with van der Waals surface area (Å²) in [7, 11) is 0. The first kappa shape index (κ1) is 18.5. The summed E-state index contributed by atoms with van der Waals surface area (Å²) in [5.74, 6) is 1.50. The van der Waals surface area contributed by atoms with Gasteiger partial charge in [0.2, 0.25) is 5.95 Å². The predicted molar refractivity (Wildman–Crippen MR) is 105 cm³/mol. The number of anilines is 1. The van der Waals surface area contributed by atoms with Crippen molar-refractivity contribution in [1.82, 2.24) is 14.9 Å². The minimum Gasteiger partial charge on any atom is -0.488 e. The fourth-order valence-corrected chi connectivity index (χ4v) is 4.25. The van der Waals surface area contributed by atoms with Crippen LogP contribution in [0.5, 0.6) is 5.75 Å². The molecular formula is C20H25ClN4O2. The number of halogens is 1. The molecule has 2 heterocycles. The Kier molecular flexibility index (Phi) is 5.76. The number of aliphatic hydroxyl groups excluding tert-OH is 1. The van der Waals surface area contributed by atoms with Crippen molar-refractivity contribution in [3.8, 4) is 5.75 Å². The fraction of sp³-hybridized carbons (Fsp3) is 0.500. The molecular weight excluding hydrogens is 364 g/mol. The van der Waals surface area contributed by atoms with Crippen LogP contribution in [0.3, 0.4) is 0 Å². The summed E-state index contributed by atoms with van der Waals surface area (Å²) in [6.07, 6.45) is 5.76. The van der Waals surface area contributed by atoms with Crippen LogP contribution in [0, 0.1) is 0 Å². The van der Waals surface area contributed by atoms with Gasteiger partial charge in [0.25, 0.3) is 0 Å². The molecule has 2 fully saturated rings. The van der Waals surface area contributed by atoms with Crippen LogP contribution >= 0.6 is 11.6 Å².